The number of hydrogen-bond acceptors (Lipinski definition) is 1. The molecule has 1 heterocycles. The first-order valence-corrected chi connectivity index (χ1v) is 5.83. The van der Waals surface area contributed by atoms with E-state index in [2.05, 4.69) is 4.90 Å². The Hall–Kier alpha value is -1.38. The van der Waals surface area contributed by atoms with Gasteiger partial charge in [0.1, 0.15) is 11.7 Å². The van der Waals surface area contributed by atoms with Crippen LogP contribution in [0, 0.1) is 11.2 Å². The smallest absolute Gasteiger partial charge is 0.126 e. The van der Waals surface area contributed by atoms with E-state index in [9.17, 15) is 4.39 Å². The van der Waals surface area contributed by atoms with Crippen molar-refractivity contribution in [2.24, 2.45) is 0 Å². The van der Waals surface area contributed by atoms with Gasteiger partial charge in [0.2, 0.25) is 0 Å². The van der Waals surface area contributed by atoms with Crippen LogP contribution >= 0.6 is 0 Å². The summed E-state index contributed by atoms with van der Waals surface area (Å²) in [4.78, 5) is 2.07. The van der Waals surface area contributed by atoms with Crippen LogP contribution in [0.2, 0.25) is 0 Å². The lowest BCUT2D eigenvalue weighted by Gasteiger charge is -2.29. The first kappa shape index (κ1) is 11.1. The summed E-state index contributed by atoms with van der Waals surface area (Å²) in [5.41, 5.74) is 0.623. The van der Waals surface area contributed by atoms with E-state index in [0.717, 1.165) is 25.9 Å². The van der Waals surface area contributed by atoms with Crippen molar-refractivity contribution in [2.45, 2.75) is 25.7 Å². The van der Waals surface area contributed by atoms with E-state index in [1.165, 1.54) is 12.5 Å². The average molecular weight is 220 g/mol. The molecule has 0 aliphatic carbocycles. The number of amidine groups is 1. The molecule has 86 valence electrons. The van der Waals surface area contributed by atoms with E-state index >= 15 is 0 Å². The Morgan fingerprint density at radius 2 is 1.88 bits per heavy atom. The fraction of sp³-hybridized carbons (Fsp3) is 0.462. The number of benzene rings is 1. The van der Waals surface area contributed by atoms with Gasteiger partial charge >= 0.3 is 0 Å². The highest BCUT2D eigenvalue weighted by molar-refractivity contribution is 5.81. The van der Waals surface area contributed by atoms with Gasteiger partial charge in [-0.15, -0.1) is 0 Å². The van der Waals surface area contributed by atoms with Crippen molar-refractivity contribution < 1.29 is 4.39 Å². The summed E-state index contributed by atoms with van der Waals surface area (Å²) in [5, 5.41) is 7.98. The number of piperidine rings is 1. The van der Waals surface area contributed by atoms with E-state index < -0.39 is 0 Å². The van der Waals surface area contributed by atoms with E-state index in [1.807, 2.05) is 6.07 Å². The summed E-state index contributed by atoms with van der Waals surface area (Å²) in [6, 6.07) is 6.72. The molecular weight excluding hydrogens is 203 g/mol. The molecule has 1 fully saturated rings. The number of nitrogens with one attached hydrogen (secondary N) is 1. The lowest BCUT2D eigenvalue weighted by atomic mass is 10.1. The summed E-state index contributed by atoms with van der Waals surface area (Å²) in [5.74, 6) is 0.342. The predicted octanol–water partition coefficient (Wildman–Crippen LogP) is 2.83. The molecule has 0 bridgehead atoms. The molecular formula is C13H17FN2. The van der Waals surface area contributed by atoms with Crippen molar-refractivity contribution >= 4 is 5.84 Å². The van der Waals surface area contributed by atoms with Crippen LogP contribution in [0.3, 0.4) is 0 Å². The maximum Gasteiger partial charge on any atom is 0.126 e. The van der Waals surface area contributed by atoms with Crippen LogP contribution < -0.4 is 0 Å². The Bertz CT molecular complexity index is 370. The molecule has 0 aromatic heterocycles. The van der Waals surface area contributed by atoms with Crippen molar-refractivity contribution in [3.05, 3.63) is 35.6 Å². The van der Waals surface area contributed by atoms with E-state index in [4.69, 9.17) is 5.41 Å². The fourth-order valence-electron chi connectivity index (χ4n) is 2.10. The van der Waals surface area contributed by atoms with Crippen LogP contribution in [0.25, 0.3) is 0 Å². The lowest BCUT2D eigenvalue weighted by molar-refractivity contribution is 0.336. The molecule has 0 spiro atoms. The summed E-state index contributed by atoms with van der Waals surface area (Å²) in [7, 11) is 0. The predicted molar refractivity (Wildman–Crippen MR) is 63.3 cm³/mol. The molecule has 1 aromatic carbocycles. The first-order chi connectivity index (χ1) is 7.77. The molecule has 0 atom stereocenters. The SMILES string of the molecule is N=C(Cc1ccccc1F)N1CCCCC1. The third kappa shape index (κ3) is 2.60. The highest BCUT2D eigenvalue weighted by Gasteiger charge is 2.14. The van der Waals surface area contributed by atoms with Gasteiger partial charge in [0, 0.05) is 19.5 Å². The Balaban J connectivity index is 1.99. The Kier molecular flexibility index (Phi) is 3.54. The Morgan fingerprint density at radius 1 is 1.19 bits per heavy atom. The average Bonchev–Trinajstić information content (AvgIpc) is 2.33. The van der Waals surface area contributed by atoms with Gasteiger partial charge in [0.15, 0.2) is 0 Å². The third-order valence-electron chi connectivity index (χ3n) is 3.05. The third-order valence-corrected chi connectivity index (χ3v) is 3.05. The summed E-state index contributed by atoms with van der Waals surface area (Å²) in [6.45, 7) is 1.90. The Morgan fingerprint density at radius 3 is 2.56 bits per heavy atom. The number of rotatable bonds is 2. The zero-order chi connectivity index (χ0) is 11.4. The summed E-state index contributed by atoms with van der Waals surface area (Å²) < 4.78 is 13.4. The molecule has 1 aliphatic rings. The van der Waals surface area contributed by atoms with Gasteiger partial charge in [-0.25, -0.2) is 4.39 Å². The van der Waals surface area contributed by atoms with Gasteiger partial charge in [0.25, 0.3) is 0 Å². The lowest BCUT2D eigenvalue weighted by Crippen LogP contribution is -2.36. The van der Waals surface area contributed by atoms with E-state index in [1.54, 1.807) is 12.1 Å². The second-order valence-corrected chi connectivity index (χ2v) is 4.26. The van der Waals surface area contributed by atoms with Crippen LogP contribution in [-0.4, -0.2) is 23.8 Å². The molecule has 3 heteroatoms. The number of nitrogens with zero attached hydrogens (tertiary/aromatic N) is 1. The zero-order valence-electron chi connectivity index (χ0n) is 9.38. The van der Waals surface area contributed by atoms with Gasteiger partial charge in [-0.2, -0.15) is 0 Å². The molecule has 1 N–H and O–H groups in total. The normalized spacial score (nSPS) is 16.2. The minimum atomic E-state index is -0.204. The summed E-state index contributed by atoms with van der Waals surface area (Å²) >= 11 is 0. The molecule has 0 unspecified atom stereocenters. The van der Waals surface area contributed by atoms with Gasteiger partial charge in [-0.05, 0) is 30.9 Å². The van der Waals surface area contributed by atoms with Gasteiger partial charge < -0.3 is 4.90 Å². The highest BCUT2D eigenvalue weighted by atomic mass is 19.1. The van der Waals surface area contributed by atoms with Crippen LogP contribution in [0.4, 0.5) is 4.39 Å². The molecule has 2 nitrogen and oxygen atoms in total. The van der Waals surface area contributed by atoms with E-state index in [0.29, 0.717) is 17.8 Å². The van der Waals surface area contributed by atoms with Crippen molar-refractivity contribution in [2.75, 3.05) is 13.1 Å². The van der Waals surface area contributed by atoms with Crippen molar-refractivity contribution in [3.8, 4) is 0 Å². The minimum absolute atomic E-state index is 0.204. The quantitative estimate of drug-likeness (QED) is 0.602. The van der Waals surface area contributed by atoms with Gasteiger partial charge in [-0.3, -0.25) is 5.41 Å². The zero-order valence-corrected chi connectivity index (χ0v) is 9.38. The molecule has 0 saturated carbocycles. The fourth-order valence-corrected chi connectivity index (χ4v) is 2.10. The van der Waals surface area contributed by atoms with Crippen LogP contribution in [-0.2, 0) is 6.42 Å². The monoisotopic (exact) mass is 220 g/mol. The molecule has 1 aliphatic heterocycles. The molecule has 16 heavy (non-hydrogen) atoms. The maximum atomic E-state index is 13.4. The van der Waals surface area contributed by atoms with Crippen molar-refractivity contribution in [3.63, 3.8) is 0 Å². The standard InChI is InChI=1S/C13H17FN2/c14-12-7-3-2-6-11(12)10-13(15)16-8-4-1-5-9-16/h2-3,6-7,15H,1,4-5,8-10H2. The van der Waals surface area contributed by atoms with Gasteiger partial charge in [-0.1, -0.05) is 18.2 Å². The highest BCUT2D eigenvalue weighted by Crippen LogP contribution is 2.13. The number of halogens is 1. The van der Waals surface area contributed by atoms with Gasteiger partial charge in [0.05, 0.1) is 0 Å². The Labute approximate surface area is 95.6 Å². The second kappa shape index (κ2) is 5.10. The van der Waals surface area contributed by atoms with Crippen LogP contribution in [0.1, 0.15) is 24.8 Å². The van der Waals surface area contributed by atoms with Crippen LogP contribution in [0.5, 0.6) is 0 Å². The molecule has 0 radical (unpaired) electrons. The van der Waals surface area contributed by atoms with Crippen LogP contribution in [0.15, 0.2) is 24.3 Å². The van der Waals surface area contributed by atoms with Crippen molar-refractivity contribution in [1.82, 2.24) is 4.90 Å². The first-order valence-electron chi connectivity index (χ1n) is 5.83. The molecule has 1 saturated heterocycles. The van der Waals surface area contributed by atoms with E-state index in [-0.39, 0.29) is 5.82 Å². The minimum Gasteiger partial charge on any atom is -0.360 e. The second-order valence-electron chi connectivity index (χ2n) is 4.26. The maximum absolute atomic E-state index is 13.4. The summed E-state index contributed by atoms with van der Waals surface area (Å²) in [6.07, 6.45) is 3.97. The molecule has 0 amide bonds. The number of hydrogen-bond donors (Lipinski definition) is 1. The van der Waals surface area contributed by atoms with Crippen molar-refractivity contribution in [1.29, 1.82) is 5.41 Å². The largest absolute Gasteiger partial charge is 0.360 e. The molecule has 2 rings (SSSR count). The number of likely N-dealkylation sites (tertiary alicyclic amines) is 1. The molecule has 1 aromatic rings. The topological polar surface area (TPSA) is 27.1 Å².